The monoisotopic (exact) mass is 298 g/mol. The van der Waals surface area contributed by atoms with Gasteiger partial charge < -0.3 is 4.74 Å². The van der Waals surface area contributed by atoms with E-state index in [4.69, 9.17) is 27.9 Å². The van der Waals surface area contributed by atoms with Gasteiger partial charge in [0.25, 0.3) is 0 Å². The Morgan fingerprint density at radius 3 is 2.50 bits per heavy atom. The number of carbonyl (C=O) groups is 1. The fourth-order valence-electron chi connectivity index (χ4n) is 1.25. The van der Waals surface area contributed by atoms with Crippen molar-refractivity contribution in [1.29, 1.82) is 0 Å². The van der Waals surface area contributed by atoms with E-state index in [1.165, 1.54) is 17.4 Å². The predicted molar refractivity (Wildman–Crippen MR) is 75.5 cm³/mol. The van der Waals surface area contributed by atoms with E-state index in [1.54, 1.807) is 24.3 Å². The Kier molecular flexibility index (Phi) is 4.42. The summed E-state index contributed by atoms with van der Waals surface area (Å²) in [6.45, 7) is 0. The van der Waals surface area contributed by atoms with Crippen LogP contribution in [-0.2, 0) is 4.79 Å². The van der Waals surface area contributed by atoms with Gasteiger partial charge in [-0.2, -0.15) is 0 Å². The highest BCUT2D eigenvalue weighted by atomic mass is 35.5. The molecule has 18 heavy (non-hydrogen) atoms. The van der Waals surface area contributed by atoms with Gasteiger partial charge in [-0.05, 0) is 29.7 Å². The summed E-state index contributed by atoms with van der Waals surface area (Å²) in [5.74, 6) is -0.333. The third-order valence-corrected chi connectivity index (χ3v) is 3.48. The quantitative estimate of drug-likeness (QED) is 0.467. The highest BCUT2D eigenvalue weighted by Crippen LogP contribution is 2.32. The van der Waals surface area contributed by atoms with Crippen molar-refractivity contribution < 1.29 is 9.53 Å². The van der Waals surface area contributed by atoms with E-state index in [0.717, 1.165) is 4.88 Å². The van der Waals surface area contributed by atoms with E-state index < -0.39 is 5.97 Å². The van der Waals surface area contributed by atoms with Crippen LogP contribution in [0.4, 0.5) is 0 Å². The van der Waals surface area contributed by atoms with Crippen molar-refractivity contribution in [3.05, 3.63) is 56.7 Å². The lowest BCUT2D eigenvalue weighted by Gasteiger charge is -2.05. The Morgan fingerprint density at radius 2 is 1.89 bits per heavy atom. The van der Waals surface area contributed by atoms with Gasteiger partial charge in [0.1, 0.15) is 0 Å². The lowest BCUT2D eigenvalue weighted by molar-refractivity contribution is -0.128. The van der Waals surface area contributed by atoms with Gasteiger partial charge >= 0.3 is 5.97 Å². The lowest BCUT2D eigenvalue weighted by atomic mass is 10.3. The molecule has 1 aromatic heterocycles. The number of halogens is 2. The number of ether oxygens (including phenoxy) is 1. The maximum Gasteiger partial charge on any atom is 0.336 e. The molecule has 0 fully saturated rings. The molecule has 0 radical (unpaired) electrons. The van der Waals surface area contributed by atoms with Gasteiger partial charge in [0.15, 0.2) is 5.75 Å². The molecule has 0 saturated carbocycles. The van der Waals surface area contributed by atoms with Crippen LogP contribution in [0.3, 0.4) is 0 Å². The zero-order chi connectivity index (χ0) is 13.0. The molecule has 0 spiro atoms. The first-order valence-electron chi connectivity index (χ1n) is 5.04. The van der Waals surface area contributed by atoms with Gasteiger partial charge in [0.2, 0.25) is 0 Å². The standard InChI is InChI=1S/C13H8Cl2O2S/c14-10-4-1-5-11(15)13(10)17-12(16)7-6-9-3-2-8-18-9/h1-8H. The van der Waals surface area contributed by atoms with Crippen molar-refractivity contribution in [2.24, 2.45) is 0 Å². The van der Waals surface area contributed by atoms with Crippen LogP contribution in [0.15, 0.2) is 41.8 Å². The Bertz CT molecular complexity index is 556. The Morgan fingerprint density at radius 1 is 1.17 bits per heavy atom. The molecule has 5 heteroatoms. The Balaban J connectivity index is 2.08. The predicted octanol–water partition coefficient (Wildman–Crippen LogP) is 4.67. The smallest absolute Gasteiger partial charge is 0.336 e. The van der Waals surface area contributed by atoms with Crippen LogP contribution in [0.5, 0.6) is 5.75 Å². The highest BCUT2D eigenvalue weighted by Gasteiger charge is 2.09. The van der Waals surface area contributed by atoms with E-state index in [9.17, 15) is 4.79 Å². The molecule has 2 rings (SSSR count). The summed E-state index contributed by atoms with van der Waals surface area (Å²) in [5, 5.41) is 2.54. The second-order valence-corrected chi connectivity index (χ2v) is 5.11. The summed E-state index contributed by atoms with van der Waals surface area (Å²) in [7, 11) is 0. The number of rotatable bonds is 3. The van der Waals surface area contributed by atoms with Gasteiger partial charge in [-0.15, -0.1) is 11.3 Å². The minimum atomic E-state index is -0.515. The van der Waals surface area contributed by atoms with E-state index in [0.29, 0.717) is 10.0 Å². The SMILES string of the molecule is O=C(C=Cc1cccs1)Oc1c(Cl)cccc1Cl. The largest absolute Gasteiger partial charge is 0.420 e. The third-order valence-electron chi connectivity index (χ3n) is 2.05. The average molecular weight is 299 g/mol. The number of thiophene rings is 1. The van der Waals surface area contributed by atoms with E-state index >= 15 is 0 Å². The first-order chi connectivity index (χ1) is 8.66. The number of para-hydroxylation sites is 1. The maximum atomic E-state index is 11.6. The zero-order valence-corrected chi connectivity index (χ0v) is 11.4. The topological polar surface area (TPSA) is 26.3 Å². The molecule has 0 atom stereocenters. The van der Waals surface area contributed by atoms with Gasteiger partial charge in [0.05, 0.1) is 10.0 Å². The molecule has 1 aromatic carbocycles. The zero-order valence-electron chi connectivity index (χ0n) is 9.10. The van der Waals surface area contributed by atoms with Crippen LogP contribution in [0, 0.1) is 0 Å². The van der Waals surface area contributed by atoms with Gasteiger partial charge in [0, 0.05) is 11.0 Å². The molecule has 0 aliphatic heterocycles. The van der Waals surface area contributed by atoms with Crippen LogP contribution >= 0.6 is 34.5 Å². The van der Waals surface area contributed by atoms with Gasteiger partial charge in [-0.3, -0.25) is 0 Å². The van der Waals surface area contributed by atoms with Crippen LogP contribution in [0.2, 0.25) is 10.0 Å². The molecule has 2 aromatic rings. The summed E-state index contributed by atoms with van der Waals surface area (Å²) in [5.41, 5.74) is 0. The fourth-order valence-corrected chi connectivity index (χ4v) is 2.34. The summed E-state index contributed by atoms with van der Waals surface area (Å²) in [6, 6.07) is 8.71. The normalized spacial score (nSPS) is 10.8. The van der Waals surface area contributed by atoms with Crippen molar-refractivity contribution in [1.82, 2.24) is 0 Å². The molecule has 2 nitrogen and oxygen atoms in total. The molecule has 92 valence electrons. The molecule has 1 heterocycles. The molecular formula is C13H8Cl2O2S. The Labute approximate surface area is 118 Å². The van der Waals surface area contributed by atoms with Gasteiger partial charge in [-0.1, -0.05) is 35.3 Å². The van der Waals surface area contributed by atoms with Crippen molar-refractivity contribution in [3.63, 3.8) is 0 Å². The Hall–Kier alpha value is -1.29. The molecule has 0 aliphatic carbocycles. The second-order valence-electron chi connectivity index (χ2n) is 3.32. The summed E-state index contributed by atoms with van der Waals surface area (Å²) >= 11 is 13.3. The molecule has 0 aliphatic rings. The molecular weight excluding hydrogens is 291 g/mol. The van der Waals surface area contributed by atoms with Crippen LogP contribution in [-0.4, -0.2) is 5.97 Å². The van der Waals surface area contributed by atoms with Crippen LogP contribution in [0.1, 0.15) is 4.88 Å². The van der Waals surface area contributed by atoms with Gasteiger partial charge in [-0.25, -0.2) is 4.79 Å². The van der Waals surface area contributed by atoms with Crippen molar-refractivity contribution in [3.8, 4) is 5.75 Å². The number of hydrogen-bond donors (Lipinski definition) is 0. The molecule has 0 unspecified atom stereocenters. The number of benzene rings is 1. The number of esters is 1. The van der Waals surface area contributed by atoms with Crippen LogP contribution in [0.25, 0.3) is 6.08 Å². The average Bonchev–Trinajstić information content (AvgIpc) is 2.84. The summed E-state index contributed by atoms with van der Waals surface area (Å²) in [4.78, 5) is 12.6. The van der Waals surface area contributed by atoms with E-state index in [1.807, 2.05) is 17.5 Å². The maximum absolute atomic E-state index is 11.6. The minimum Gasteiger partial charge on any atom is -0.420 e. The fraction of sp³-hybridized carbons (Fsp3) is 0. The number of hydrogen-bond acceptors (Lipinski definition) is 3. The summed E-state index contributed by atoms with van der Waals surface area (Å²) < 4.78 is 5.09. The first-order valence-corrected chi connectivity index (χ1v) is 6.68. The third kappa shape index (κ3) is 3.35. The van der Waals surface area contributed by atoms with Crippen molar-refractivity contribution in [2.45, 2.75) is 0 Å². The lowest BCUT2D eigenvalue weighted by Crippen LogP contribution is -2.04. The molecule has 0 N–H and O–H groups in total. The number of carbonyl (C=O) groups excluding carboxylic acids is 1. The van der Waals surface area contributed by atoms with Crippen molar-refractivity contribution in [2.75, 3.05) is 0 Å². The second kappa shape index (κ2) is 6.05. The molecule has 0 bridgehead atoms. The first kappa shape index (κ1) is 13.1. The molecule has 0 saturated heterocycles. The summed E-state index contributed by atoms with van der Waals surface area (Å²) in [6.07, 6.45) is 3.02. The molecule has 0 amide bonds. The van der Waals surface area contributed by atoms with Crippen molar-refractivity contribution >= 4 is 46.6 Å². The van der Waals surface area contributed by atoms with E-state index in [-0.39, 0.29) is 5.75 Å². The highest BCUT2D eigenvalue weighted by molar-refractivity contribution is 7.10. The van der Waals surface area contributed by atoms with E-state index in [2.05, 4.69) is 0 Å². The minimum absolute atomic E-state index is 0.182. The van der Waals surface area contributed by atoms with Crippen LogP contribution < -0.4 is 4.74 Å².